The molecule has 0 saturated heterocycles. The first-order valence-electron chi connectivity index (χ1n) is 4.88. The number of carboxylic acids is 2. The molecule has 2 rings (SSSR count). The Balaban J connectivity index is -0.0000000771. The number of nitrogens with zero attached hydrogens (tertiary/aromatic N) is 2. The maximum absolute atomic E-state index is 10.2. The van der Waals surface area contributed by atoms with Gasteiger partial charge in [-0.25, -0.2) is 9.59 Å². The minimum atomic E-state index is -0.942. The molecule has 130 valence electrons. The van der Waals surface area contributed by atoms with Gasteiger partial charge in [0.2, 0.25) is 0 Å². The monoisotopic (exact) mass is 370 g/mol. The largest absolute Gasteiger partial charge is 0.478 e. The molecule has 0 aliphatic carbocycles. The summed E-state index contributed by atoms with van der Waals surface area (Å²) in [6.45, 7) is 0. The quantitative estimate of drug-likeness (QED) is 0.622. The molecule has 0 fully saturated rings. The van der Waals surface area contributed by atoms with Crippen molar-refractivity contribution in [2.75, 3.05) is 0 Å². The molecule has 10 nitrogen and oxygen atoms in total. The second-order valence-electron chi connectivity index (χ2n) is 3.09. The van der Waals surface area contributed by atoms with Crippen molar-refractivity contribution in [2.45, 2.75) is 0 Å². The van der Waals surface area contributed by atoms with Crippen LogP contribution in [-0.4, -0.2) is 54.0 Å². The summed E-state index contributed by atoms with van der Waals surface area (Å²) in [5.74, 6) is -1.88. The van der Waals surface area contributed by atoms with Crippen LogP contribution < -0.4 is 0 Å². The molecule has 0 saturated carbocycles. The maximum Gasteiger partial charge on any atom is 0.337 e. The van der Waals surface area contributed by atoms with E-state index in [1.165, 1.54) is 36.9 Å². The predicted molar refractivity (Wildman–Crippen MR) is 76.8 cm³/mol. The van der Waals surface area contributed by atoms with Gasteiger partial charge >= 0.3 is 11.9 Å². The fourth-order valence-corrected chi connectivity index (χ4v) is 0.979. The Morgan fingerprint density at radius 1 is 0.739 bits per heavy atom. The zero-order valence-corrected chi connectivity index (χ0v) is 12.9. The molecule has 0 amide bonds. The number of aromatic nitrogens is 2. The third-order valence-electron chi connectivity index (χ3n) is 1.82. The Hall–Kier alpha value is -2.39. The smallest absolute Gasteiger partial charge is 0.337 e. The van der Waals surface area contributed by atoms with Crippen LogP contribution in [0.4, 0.5) is 0 Å². The first-order chi connectivity index (χ1) is 8.61. The number of carboxylic acid groups (broad SMARTS) is 2. The Morgan fingerprint density at radius 2 is 1.04 bits per heavy atom. The summed E-state index contributed by atoms with van der Waals surface area (Å²) in [5, 5.41) is 16.7. The summed E-state index contributed by atoms with van der Waals surface area (Å²) in [6, 6.07) is 6.16. The number of hydrogen-bond acceptors (Lipinski definition) is 4. The Morgan fingerprint density at radius 3 is 1.17 bits per heavy atom. The number of hydrogen-bond donors (Lipinski definition) is 2. The van der Waals surface area contributed by atoms with Gasteiger partial charge in [-0.05, 0) is 24.3 Å². The first-order valence-corrected chi connectivity index (χ1v) is 4.88. The van der Waals surface area contributed by atoms with Gasteiger partial charge in [0.25, 0.3) is 0 Å². The third kappa shape index (κ3) is 13.0. The molecule has 11 heteroatoms. The fraction of sp³-hybridized carbons (Fsp3) is 0. The summed E-state index contributed by atoms with van der Waals surface area (Å²) in [4.78, 5) is 27.6. The van der Waals surface area contributed by atoms with Gasteiger partial charge in [0.1, 0.15) is 0 Å². The molecular formula is C12H18CrN2O8. The summed E-state index contributed by atoms with van der Waals surface area (Å²) in [5.41, 5.74) is 0.440. The van der Waals surface area contributed by atoms with Gasteiger partial charge < -0.3 is 32.1 Å². The minimum absolute atomic E-state index is 0. The van der Waals surface area contributed by atoms with Crippen LogP contribution in [0.5, 0.6) is 0 Å². The van der Waals surface area contributed by atoms with E-state index in [4.69, 9.17) is 10.2 Å². The van der Waals surface area contributed by atoms with Crippen LogP contribution in [0.25, 0.3) is 0 Å². The minimum Gasteiger partial charge on any atom is -0.478 e. The summed E-state index contributed by atoms with van der Waals surface area (Å²) < 4.78 is 0. The second kappa shape index (κ2) is 17.7. The van der Waals surface area contributed by atoms with Gasteiger partial charge in [-0.3, -0.25) is 9.97 Å². The van der Waals surface area contributed by atoms with Crippen LogP contribution in [-0.2, 0) is 17.4 Å². The molecule has 2 aromatic rings. The van der Waals surface area contributed by atoms with Crippen LogP contribution in [0.3, 0.4) is 0 Å². The fourth-order valence-electron chi connectivity index (χ4n) is 0.979. The average Bonchev–Trinajstić information content (AvgIpc) is 2.41. The number of aromatic carboxylic acids is 2. The molecule has 0 aliphatic rings. The molecule has 0 spiro atoms. The second-order valence-corrected chi connectivity index (χ2v) is 3.09. The van der Waals surface area contributed by atoms with E-state index in [0.29, 0.717) is 0 Å². The molecule has 10 N–H and O–H groups in total. The topological polar surface area (TPSA) is 226 Å². The summed E-state index contributed by atoms with van der Waals surface area (Å²) in [7, 11) is 0. The van der Waals surface area contributed by atoms with E-state index in [-0.39, 0.29) is 50.4 Å². The van der Waals surface area contributed by atoms with Crippen molar-refractivity contribution in [2.24, 2.45) is 0 Å². The van der Waals surface area contributed by atoms with Crippen molar-refractivity contribution in [3.05, 3.63) is 60.2 Å². The number of rotatable bonds is 2. The van der Waals surface area contributed by atoms with Crippen LogP contribution in [0.2, 0.25) is 0 Å². The molecule has 0 radical (unpaired) electrons. The van der Waals surface area contributed by atoms with Crippen LogP contribution in [0, 0.1) is 0 Å². The molecular weight excluding hydrogens is 352 g/mol. The molecule has 0 unspecified atom stereocenters. The van der Waals surface area contributed by atoms with Gasteiger partial charge in [-0.15, -0.1) is 0 Å². The van der Waals surface area contributed by atoms with Crippen molar-refractivity contribution in [3.63, 3.8) is 0 Å². The predicted octanol–water partition coefficient (Wildman–Crippen LogP) is -1.74. The molecule has 0 aromatic carbocycles. The van der Waals surface area contributed by atoms with Gasteiger partial charge in [-0.2, -0.15) is 0 Å². The molecule has 0 bridgehead atoms. The summed E-state index contributed by atoms with van der Waals surface area (Å²) >= 11 is 0. The number of carbonyl (C=O) groups is 2. The third-order valence-corrected chi connectivity index (χ3v) is 1.82. The zero-order valence-electron chi connectivity index (χ0n) is 11.6. The number of pyridine rings is 2. The van der Waals surface area contributed by atoms with E-state index < -0.39 is 11.9 Å². The zero-order chi connectivity index (χ0) is 13.4. The van der Waals surface area contributed by atoms with E-state index in [1.54, 1.807) is 12.1 Å². The van der Waals surface area contributed by atoms with E-state index >= 15 is 0 Å². The molecule has 23 heavy (non-hydrogen) atoms. The van der Waals surface area contributed by atoms with E-state index in [1.807, 2.05) is 0 Å². The Kier molecular flexibility index (Phi) is 25.0. The molecule has 2 aromatic heterocycles. The van der Waals surface area contributed by atoms with Crippen LogP contribution >= 0.6 is 0 Å². The van der Waals surface area contributed by atoms with E-state index in [9.17, 15) is 9.59 Å². The van der Waals surface area contributed by atoms with E-state index in [2.05, 4.69) is 9.97 Å². The van der Waals surface area contributed by atoms with Gasteiger partial charge in [0, 0.05) is 42.1 Å². The SMILES string of the molecule is O.O.O.O.O=C(O)c1cccnc1.O=C(O)c1cccnc1.[Cr]. The van der Waals surface area contributed by atoms with Crippen LogP contribution in [0.1, 0.15) is 20.7 Å². The van der Waals surface area contributed by atoms with Crippen molar-refractivity contribution < 1.29 is 59.1 Å². The Bertz CT molecular complexity index is 478. The van der Waals surface area contributed by atoms with Gasteiger partial charge in [0.15, 0.2) is 0 Å². The average molecular weight is 370 g/mol. The molecule has 0 atom stereocenters. The normalized spacial score (nSPS) is 6.96. The van der Waals surface area contributed by atoms with Crippen molar-refractivity contribution >= 4 is 11.9 Å². The Labute approximate surface area is 141 Å². The first kappa shape index (κ1) is 32.5. The van der Waals surface area contributed by atoms with Crippen molar-refractivity contribution in [3.8, 4) is 0 Å². The maximum atomic E-state index is 10.2. The van der Waals surface area contributed by atoms with Crippen molar-refractivity contribution in [1.82, 2.24) is 9.97 Å². The molecule has 0 aliphatic heterocycles. The molecule has 2 heterocycles. The van der Waals surface area contributed by atoms with Crippen LogP contribution in [0.15, 0.2) is 49.1 Å². The van der Waals surface area contributed by atoms with Gasteiger partial charge in [0.05, 0.1) is 11.1 Å². The van der Waals surface area contributed by atoms with E-state index in [0.717, 1.165) is 0 Å². The standard InChI is InChI=1S/2C6H5NO2.Cr.4H2O/c2*8-6(9)5-2-1-3-7-4-5;;;;;/h2*1-4H,(H,8,9);;4*1H2. The summed E-state index contributed by atoms with van der Waals surface area (Å²) in [6.07, 6.45) is 5.68. The van der Waals surface area contributed by atoms with Crippen molar-refractivity contribution in [1.29, 1.82) is 0 Å². The van der Waals surface area contributed by atoms with Gasteiger partial charge in [-0.1, -0.05) is 0 Å².